The number of nitrogens with zero attached hydrogens (tertiary/aromatic N) is 1. The highest BCUT2D eigenvalue weighted by molar-refractivity contribution is 7.19. The molecule has 0 saturated carbocycles. The normalized spacial score (nSPS) is 10.8. The van der Waals surface area contributed by atoms with Gasteiger partial charge in [0.2, 0.25) is 0 Å². The van der Waals surface area contributed by atoms with Crippen molar-refractivity contribution >= 4 is 27.8 Å². The van der Waals surface area contributed by atoms with E-state index in [0.29, 0.717) is 22.7 Å². The molecule has 0 bridgehead atoms. The first-order valence-corrected chi connectivity index (χ1v) is 7.64. The molecule has 1 aromatic heterocycles. The topological polar surface area (TPSA) is 55.6 Å². The van der Waals surface area contributed by atoms with Gasteiger partial charge in [-0.05, 0) is 27.7 Å². The Morgan fingerprint density at radius 3 is 2.32 bits per heavy atom. The van der Waals surface area contributed by atoms with Gasteiger partial charge >= 0.3 is 0 Å². The first-order chi connectivity index (χ1) is 8.96. The summed E-state index contributed by atoms with van der Waals surface area (Å²) in [6.45, 7) is 11.7. The fourth-order valence-electron chi connectivity index (χ4n) is 1.85. The maximum absolute atomic E-state index is 11.9. The van der Waals surface area contributed by atoms with Crippen LogP contribution in [0.1, 0.15) is 50.7 Å². The van der Waals surface area contributed by atoms with E-state index >= 15 is 0 Å². The molecule has 108 valence electrons. The van der Waals surface area contributed by atoms with Crippen LogP contribution in [0.15, 0.2) is 0 Å². The minimum Gasteiger partial charge on any atom is -0.486 e. The number of ether oxygens (including phenoxy) is 1. The number of nitrogens with two attached hydrogens (primary N) is 1. The van der Waals surface area contributed by atoms with E-state index in [9.17, 15) is 4.79 Å². The molecule has 2 N–H and O–H groups in total. The number of Topliss-reactive ketones (excluding diaryl/α,β-unsaturated/α-hetero) is 1. The third-order valence-corrected chi connectivity index (χ3v) is 4.15. The Morgan fingerprint density at radius 1 is 1.32 bits per heavy atom. The van der Waals surface area contributed by atoms with E-state index in [1.807, 2.05) is 20.8 Å². The maximum atomic E-state index is 11.9. The van der Waals surface area contributed by atoms with Gasteiger partial charge in [-0.3, -0.25) is 4.79 Å². The molecule has 0 aliphatic heterocycles. The molecule has 0 aromatic carbocycles. The first kappa shape index (κ1) is 15.8. The molecule has 1 heterocycles. The lowest BCUT2D eigenvalue weighted by Gasteiger charge is -2.21. The van der Waals surface area contributed by atoms with Crippen molar-refractivity contribution in [3.8, 4) is 5.75 Å². The molecule has 5 heteroatoms. The molecular weight excluding hydrogens is 260 g/mol. The summed E-state index contributed by atoms with van der Waals surface area (Å²) < 4.78 is 5.83. The largest absolute Gasteiger partial charge is 0.486 e. The summed E-state index contributed by atoms with van der Waals surface area (Å²) in [6, 6.07) is 0. The molecule has 0 fully saturated rings. The van der Waals surface area contributed by atoms with Gasteiger partial charge in [0.05, 0.1) is 16.7 Å². The number of nitrogen functional groups attached to an aromatic ring is 1. The van der Waals surface area contributed by atoms with Gasteiger partial charge in [0.15, 0.2) is 11.5 Å². The molecule has 0 amide bonds. The van der Waals surface area contributed by atoms with E-state index in [0.717, 1.165) is 18.1 Å². The Morgan fingerprint density at radius 2 is 1.89 bits per heavy atom. The lowest BCUT2D eigenvalue weighted by atomic mass is 10.2. The average molecular weight is 284 g/mol. The molecule has 19 heavy (non-hydrogen) atoms. The second-order valence-corrected chi connectivity index (χ2v) is 5.59. The minimum atomic E-state index is 0.0378. The predicted octanol–water partition coefficient (Wildman–Crippen LogP) is 3.56. The zero-order valence-electron chi connectivity index (χ0n) is 12.4. The van der Waals surface area contributed by atoms with Crippen LogP contribution in [-0.4, -0.2) is 25.0 Å². The van der Waals surface area contributed by atoms with Crippen LogP contribution >= 0.6 is 11.3 Å². The zero-order chi connectivity index (χ0) is 14.6. The quantitative estimate of drug-likeness (QED) is 0.778. The SMILES string of the molecule is CCC(=O)c1sc(N(CC)CC)c(OC(C)C)c1N. The fourth-order valence-corrected chi connectivity index (χ4v) is 3.14. The highest BCUT2D eigenvalue weighted by atomic mass is 32.1. The van der Waals surface area contributed by atoms with Gasteiger partial charge in [-0.15, -0.1) is 11.3 Å². The molecule has 0 atom stereocenters. The summed E-state index contributed by atoms with van der Waals surface area (Å²) in [6.07, 6.45) is 0.500. The third-order valence-electron chi connectivity index (χ3n) is 2.86. The average Bonchev–Trinajstić information content (AvgIpc) is 2.68. The molecule has 4 nitrogen and oxygen atoms in total. The first-order valence-electron chi connectivity index (χ1n) is 6.83. The van der Waals surface area contributed by atoms with Gasteiger partial charge in [-0.1, -0.05) is 6.92 Å². The van der Waals surface area contributed by atoms with Crippen LogP contribution in [0.25, 0.3) is 0 Å². The van der Waals surface area contributed by atoms with Crippen LogP contribution in [0.3, 0.4) is 0 Å². The summed E-state index contributed by atoms with van der Waals surface area (Å²) in [5.41, 5.74) is 6.61. The van der Waals surface area contributed by atoms with E-state index in [1.165, 1.54) is 11.3 Å². The van der Waals surface area contributed by atoms with Crippen LogP contribution < -0.4 is 15.4 Å². The van der Waals surface area contributed by atoms with Crippen LogP contribution in [0, 0.1) is 0 Å². The summed E-state index contributed by atoms with van der Waals surface area (Å²) in [7, 11) is 0. The van der Waals surface area contributed by atoms with Crippen molar-refractivity contribution in [2.45, 2.75) is 47.1 Å². The number of carbonyl (C=O) groups excluding carboxylic acids is 1. The molecule has 1 rings (SSSR count). The second kappa shape index (κ2) is 6.80. The van der Waals surface area contributed by atoms with E-state index in [1.54, 1.807) is 0 Å². The van der Waals surface area contributed by atoms with Crippen LogP contribution in [0.4, 0.5) is 10.7 Å². The van der Waals surface area contributed by atoms with Crippen LogP contribution in [0.5, 0.6) is 5.75 Å². The van der Waals surface area contributed by atoms with Crippen molar-refractivity contribution in [1.82, 2.24) is 0 Å². The molecule has 0 saturated heterocycles. The van der Waals surface area contributed by atoms with Crippen molar-refractivity contribution in [2.75, 3.05) is 23.7 Å². The molecule has 1 aromatic rings. The Balaban J connectivity index is 3.30. The van der Waals surface area contributed by atoms with E-state index in [2.05, 4.69) is 18.7 Å². The lowest BCUT2D eigenvalue weighted by molar-refractivity contribution is 0.0992. The Hall–Kier alpha value is -1.23. The van der Waals surface area contributed by atoms with Gasteiger partial charge in [0, 0.05) is 19.5 Å². The molecule has 0 radical (unpaired) electrons. The molecule has 0 aliphatic rings. The van der Waals surface area contributed by atoms with Gasteiger partial charge < -0.3 is 15.4 Å². The zero-order valence-corrected chi connectivity index (χ0v) is 13.3. The summed E-state index contributed by atoms with van der Waals surface area (Å²) >= 11 is 1.44. The lowest BCUT2D eigenvalue weighted by Crippen LogP contribution is -2.22. The fraction of sp³-hybridized carbons (Fsp3) is 0.643. The van der Waals surface area contributed by atoms with Crippen molar-refractivity contribution in [1.29, 1.82) is 0 Å². The van der Waals surface area contributed by atoms with Crippen LogP contribution in [0.2, 0.25) is 0 Å². The highest BCUT2D eigenvalue weighted by Crippen LogP contribution is 2.45. The Labute approximate surface area is 119 Å². The van der Waals surface area contributed by atoms with E-state index in [-0.39, 0.29) is 11.9 Å². The van der Waals surface area contributed by atoms with Gasteiger partial charge in [0.25, 0.3) is 0 Å². The third kappa shape index (κ3) is 3.41. The number of carbonyl (C=O) groups is 1. The number of thiophene rings is 1. The van der Waals surface area contributed by atoms with Gasteiger partial charge in [0.1, 0.15) is 5.00 Å². The number of ketones is 1. The molecule has 0 unspecified atom stereocenters. The predicted molar refractivity (Wildman–Crippen MR) is 82.7 cm³/mol. The number of anilines is 2. The number of hydrogen-bond acceptors (Lipinski definition) is 5. The number of rotatable bonds is 7. The van der Waals surface area contributed by atoms with Crippen LogP contribution in [-0.2, 0) is 0 Å². The monoisotopic (exact) mass is 284 g/mol. The van der Waals surface area contributed by atoms with Crippen molar-refractivity contribution < 1.29 is 9.53 Å². The second-order valence-electron chi connectivity index (χ2n) is 4.59. The van der Waals surface area contributed by atoms with E-state index < -0.39 is 0 Å². The van der Waals surface area contributed by atoms with Gasteiger partial charge in [-0.2, -0.15) is 0 Å². The smallest absolute Gasteiger partial charge is 0.177 e. The summed E-state index contributed by atoms with van der Waals surface area (Å²) in [5.74, 6) is 0.745. The van der Waals surface area contributed by atoms with Crippen molar-refractivity contribution in [3.05, 3.63) is 4.88 Å². The maximum Gasteiger partial charge on any atom is 0.177 e. The number of hydrogen-bond donors (Lipinski definition) is 1. The molecular formula is C14H24N2O2S. The van der Waals surface area contributed by atoms with E-state index in [4.69, 9.17) is 10.5 Å². The molecule has 0 aliphatic carbocycles. The summed E-state index contributed by atoms with van der Waals surface area (Å²) in [4.78, 5) is 14.7. The van der Waals surface area contributed by atoms with Crippen molar-refractivity contribution in [2.24, 2.45) is 0 Å². The van der Waals surface area contributed by atoms with Gasteiger partial charge in [-0.25, -0.2) is 0 Å². The summed E-state index contributed by atoms with van der Waals surface area (Å²) in [5, 5.41) is 0.966. The standard InChI is InChI=1S/C14H24N2O2S/c1-6-10(17)13-11(15)12(18-9(4)5)14(19-13)16(7-2)8-3/h9H,6-8,15H2,1-5H3. The molecule has 0 spiro atoms. The Bertz CT molecular complexity index is 437. The minimum absolute atomic E-state index is 0.0378. The highest BCUT2D eigenvalue weighted by Gasteiger charge is 2.24. The van der Waals surface area contributed by atoms with Crippen molar-refractivity contribution in [3.63, 3.8) is 0 Å². The Kier molecular flexibility index (Phi) is 5.66.